The van der Waals surface area contributed by atoms with Gasteiger partial charge in [0.25, 0.3) is 0 Å². The fourth-order valence-electron chi connectivity index (χ4n) is 1.98. The molecule has 3 nitrogen and oxygen atoms in total. The number of hydrogen-bond donors (Lipinski definition) is 1. The molecule has 0 atom stereocenters. The lowest BCUT2D eigenvalue weighted by atomic mass is 9.92. The Morgan fingerprint density at radius 3 is 2.94 bits per heavy atom. The number of likely N-dealkylation sites (N-methyl/N-ethyl adjacent to an activating group) is 1. The lowest BCUT2D eigenvalue weighted by molar-refractivity contribution is 0.160. The molecule has 0 unspecified atom stereocenters. The molecule has 1 heterocycles. The van der Waals surface area contributed by atoms with Crippen LogP contribution in [0.1, 0.15) is 25.0 Å². The summed E-state index contributed by atoms with van der Waals surface area (Å²) in [7, 11) is 2.23. The molecular formula is C13H21N3. The number of nitrogens with one attached hydrogen (secondary N) is 1. The monoisotopic (exact) mass is 219 g/mol. The van der Waals surface area contributed by atoms with Crippen LogP contribution < -0.4 is 5.32 Å². The number of nitrogens with zero attached hydrogens (tertiary/aromatic N) is 2. The molecule has 0 amide bonds. The summed E-state index contributed by atoms with van der Waals surface area (Å²) in [5.74, 6) is 0. The summed E-state index contributed by atoms with van der Waals surface area (Å²) in [6.45, 7) is 3.06. The van der Waals surface area contributed by atoms with Gasteiger partial charge in [-0.05, 0) is 32.0 Å². The van der Waals surface area contributed by atoms with E-state index in [0.717, 1.165) is 31.4 Å². The Hall–Kier alpha value is -0.930. The van der Waals surface area contributed by atoms with Crippen molar-refractivity contribution in [2.45, 2.75) is 31.8 Å². The number of pyridine rings is 1. The highest BCUT2D eigenvalue weighted by atomic mass is 15.1. The fourth-order valence-corrected chi connectivity index (χ4v) is 1.98. The van der Waals surface area contributed by atoms with Crippen LogP contribution >= 0.6 is 0 Å². The van der Waals surface area contributed by atoms with E-state index in [1.165, 1.54) is 19.3 Å². The van der Waals surface area contributed by atoms with Gasteiger partial charge in [-0.15, -0.1) is 0 Å². The molecule has 1 aromatic heterocycles. The molecule has 0 spiro atoms. The van der Waals surface area contributed by atoms with Crippen LogP contribution in [-0.2, 0) is 6.54 Å². The first-order valence-corrected chi connectivity index (χ1v) is 6.17. The van der Waals surface area contributed by atoms with Crippen molar-refractivity contribution in [3.05, 3.63) is 30.1 Å². The molecule has 2 rings (SSSR count). The van der Waals surface area contributed by atoms with Crippen LogP contribution in [0.4, 0.5) is 0 Å². The van der Waals surface area contributed by atoms with Gasteiger partial charge in [0, 0.05) is 31.9 Å². The molecule has 0 radical (unpaired) electrons. The summed E-state index contributed by atoms with van der Waals surface area (Å²) in [5.41, 5.74) is 1.12. The van der Waals surface area contributed by atoms with Gasteiger partial charge in [0.05, 0.1) is 5.69 Å². The molecule has 1 fully saturated rings. The van der Waals surface area contributed by atoms with Crippen molar-refractivity contribution >= 4 is 0 Å². The van der Waals surface area contributed by atoms with Crippen molar-refractivity contribution in [3.63, 3.8) is 0 Å². The topological polar surface area (TPSA) is 28.2 Å². The first-order valence-electron chi connectivity index (χ1n) is 6.17. The van der Waals surface area contributed by atoms with Crippen LogP contribution in [0.15, 0.2) is 24.4 Å². The van der Waals surface area contributed by atoms with Gasteiger partial charge in [-0.2, -0.15) is 0 Å². The van der Waals surface area contributed by atoms with E-state index >= 15 is 0 Å². The Bertz CT molecular complexity index is 295. The first kappa shape index (κ1) is 11.6. The second kappa shape index (κ2) is 5.97. The van der Waals surface area contributed by atoms with Crippen molar-refractivity contribution in [3.8, 4) is 0 Å². The van der Waals surface area contributed by atoms with Crippen LogP contribution in [0.3, 0.4) is 0 Å². The molecule has 1 aromatic rings. The minimum Gasteiger partial charge on any atom is -0.310 e. The minimum atomic E-state index is 0.844. The average Bonchev–Trinajstić information content (AvgIpc) is 2.23. The third-order valence-electron chi connectivity index (χ3n) is 3.37. The molecule has 0 bridgehead atoms. The zero-order valence-electron chi connectivity index (χ0n) is 10.0. The van der Waals surface area contributed by atoms with Crippen LogP contribution in [0, 0.1) is 0 Å². The Balaban J connectivity index is 1.58. The van der Waals surface area contributed by atoms with Crippen molar-refractivity contribution in [2.24, 2.45) is 0 Å². The molecule has 1 saturated carbocycles. The van der Waals surface area contributed by atoms with Crippen LogP contribution in [0.5, 0.6) is 0 Å². The van der Waals surface area contributed by atoms with Crippen LogP contribution in [0.25, 0.3) is 0 Å². The highest BCUT2D eigenvalue weighted by Gasteiger charge is 2.20. The van der Waals surface area contributed by atoms with Crippen molar-refractivity contribution in [1.82, 2.24) is 15.2 Å². The van der Waals surface area contributed by atoms with Gasteiger partial charge in [0.2, 0.25) is 0 Å². The minimum absolute atomic E-state index is 0.844. The van der Waals surface area contributed by atoms with Crippen LogP contribution in [0.2, 0.25) is 0 Å². The van der Waals surface area contributed by atoms with Gasteiger partial charge in [0.15, 0.2) is 0 Å². The summed E-state index contributed by atoms with van der Waals surface area (Å²) in [4.78, 5) is 6.75. The highest BCUT2D eigenvalue weighted by molar-refractivity contribution is 5.02. The molecule has 16 heavy (non-hydrogen) atoms. The maximum atomic E-state index is 4.28. The van der Waals surface area contributed by atoms with Gasteiger partial charge in [0.1, 0.15) is 0 Å². The smallest absolute Gasteiger partial charge is 0.0541 e. The Labute approximate surface area is 97.9 Å². The SMILES string of the molecule is CN(CCNCc1ccccn1)C1CCC1. The van der Waals surface area contributed by atoms with E-state index in [1.54, 1.807) is 0 Å². The Morgan fingerprint density at radius 2 is 2.31 bits per heavy atom. The van der Waals surface area contributed by atoms with E-state index in [0.29, 0.717) is 0 Å². The van der Waals surface area contributed by atoms with E-state index < -0.39 is 0 Å². The summed E-state index contributed by atoms with van der Waals surface area (Å²) < 4.78 is 0. The third kappa shape index (κ3) is 3.29. The van der Waals surface area contributed by atoms with E-state index in [2.05, 4.69) is 28.3 Å². The molecule has 0 aromatic carbocycles. The average molecular weight is 219 g/mol. The van der Waals surface area contributed by atoms with E-state index in [9.17, 15) is 0 Å². The van der Waals surface area contributed by atoms with Crippen molar-refractivity contribution < 1.29 is 0 Å². The normalized spacial score (nSPS) is 16.4. The predicted octanol–water partition coefficient (Wildman–Crippen LogP) is 1.66. The Kier molecular flexibility index (Phi) is 4.31. The number of rotatable bonds is 6. The maximum absolute atomic E-state index is 4.28. The van der Waals surface area contributed by atoms with Gasteiger partial charge in [-0.25, -0.2) is 0 Å². The predicted molar refractivity (Wildman–Crippen MR) is 66.2 cm³/mol. The quantitative estimate of drug-likeness (QED) is 0.737. The zero-order chi connectivity index (χ0) is 11.2. The summed E-state index contributed by atoms with van der Waals surface area (Å²) in [6.07, 6.45) is 6.03. The summed E-state index contributed by atoms with van der Waals surface area (Å²) >= 11 is 0. The standard InChI is InChI=1S/C13H21N3/c1-16(13-6-4-7-13)10-9-14-11-12-5-2-3-8-15-12/h2-3,5,8,13-14H,4,6-7,9-11H2,1H3. The van der Waals surface area contributed by atoms with Crippen LogP contribution in [-0.4, -0.2) is 36.1 Å². The summed E-state index contributed by atoms with van der Waals surface area (Å²) in [5, 5.41) is 3.43. The van der Waals surface area contributed by atoms with E-state index in [4.69, 9.17) is 0 Å². The summed E-state index contributed by atoms with van der Waals surface area (Å²) in [6, 6.07) is 6.89. The first-order chi connectivity index (χ1) is 7.86. The molecule has 1 aliphatic carbocycles. The van der Waals surface area contributed by atoms with E-state index in [-0.39, 0.29) is 0 Å². The lowest BCUT2D eigenvalue weighted by Crippen LogP contribution is -2.40. The largest absolute Gasteiger partial charge is 0.310 e. The molecule has 1 aliphatic rings. The molecular weight excluding hydrogens is 198 g/mol. The maximum Gasteiger partial charge on any atom is 0.0541 e. The van der Waals surface area contributed by atoms with Gasteiger partial charge < -0.3 is 10.2 Å². The second-order valence-corrected chi connectivity index (χ2v) is 4.56. The number of hydrogen-bond acceptors (Lipinski definition) is 3. The van der Waals surface area contributed by atoms with E-state index in [1.807, 2.05) is 18.3 Å². The lowest BCUT2D eigenvalue weighted by Gasteiger charge is -2.34. The van der Waals surface area contributed by atoms with Crippen molar-refractivity contribution in [1.29, 1.82) is 0 Å². The fraction of sp³-hybridized carbons (Fsp3) is 0.615. The molecule has 88 valence electrons. The molecule has 1 N–H and O–H groups in total. The van der Waals surface area contributed by atoms with Gasteiger partial charge >= 0.3 is 0 Å². The number of aromatic nitrogens is 1. The zero-order valence-corrected chi connectivity index (χ0v) is 10.0. The second-order valence-electron chi connectivity index (χ2n) is 4.56. The van der Waals surface area contributed by atoms with Crippen molar-refractivity contribution in [2.75, 3.05) is 20.1 Å². The van der Waals surface area contributed by atoms with Gasteiger partial charge in [-0.1, -0.05) is 12.5 Å². The van der Waals surface area contributed by atoms with Gasteiger partial charge in [-0.3, -0.25) is 4.98 Å². The highest BCUT2D eigenvalue weighted by Crippen LogP contribution is 2.22. The third-order valence-corrected chi connectivity index (χ3v) is 3.37. The Morgan fingerprint density at radius 1 is 1.44 bits per heavy atom. The molecule has 0 saturated heterocycles. The molecule has 3 heteroatoms. The molecule has 0 aliphatic heterocycles.